The summed E-state index contributed by atoms with van der Waals surface area (Å²) in [5.74, 6) is -0.471. The molecule has 0 fully saturated rings. The minimum absolute atomic E-state index is 0.346. The third kappa shape index (κ3) is 4.35. The first-order chi connectivity index (χ1) is 7.59. The molecule has 0 amide bonds. The van der Waals surface area contributed by atoms with Crippen LogP contribution in [0.25, 0.3) is 0 Å². The highest BCUT2D eigenvalue weighted by molar-refractivity contribution is 5.73. The molecule has 0 aromatic carbocycles. The normalized spacial score (nSPS) is 12.7. The molecule has 88 valence electrons. The van der Waals surface area contributed by atoms with Crippen molar-refractivity contribution in [1.82, 2.24) is 15.3 Å². The molecule has 1 heterocycles. The second kappa shape index (κ2) is 6.17. The van der Waals surface area contributed by atoms with E-state index in [9.17, 15) is 4.79 Å². The van der Waals surface area contributed by atoms with Gasteiger partial charge in [0.1, 0.15) is 12.4 Å². The number of aliphatic carboxylic acids is 1. The van der Waals surface area contributed by atoms with Crippen LogP contribution in [0.3, 0.4) is 0 Å². The van der Waals surface area contributed by atoms with E-state index in [1.165, 1.54) is 6.33 Å². The first-order valence-corrected chi connectivity index (χ1v) is 5.30. The molecule has 1 rings (SSSR count). The molecule has 0 saturated carbocycles. The Hall–Kier alpha value is -1.49. The number of rotatable bonds is 6. The average molecular weight is 223 g/mol. The van der Waals surface area contributed by atoms with Gasteiger partial charge in [0.05, 0.1) is 5.69 Å². The lowest BCUT2D eigenvalue weighted by atomic mass is 10.0. The Kier molecular flexibility index (Phi) is 4.85. The number of hydrogen-bond donors (Lipinski definition) is 2. The van der Waals surface area contributed by atoms with E-state index in [2.05, 4.69) is 15.3 Å². The smallest absolute Gasteiger partial charge is 0.320 e. The van der Waals surface area contributed by atoms with Crippen molar-refractivity contribution >= 4 is 5.97 Å². The summed E-state index contributed by atoms with van der Waals surface area (Å²) < 4.78 is 0. The van der Waals surface area contributed by atoms with Gasteiger partial charge in [-0.05, 0) is 18.4 Å². The standard InChI is InChI=1S/C11H17N3O2/c1-8(2)5-10(11(15)16)13-6-9-3-4-12-7-14-9/h3-4,7-8,10,13H,5-6H2,1-2H3,(H,15,16). The SMILES string of the molecule is CC(C)CC(NCc1ccncn1)C(=O)O. The number of nitrogens with zero attached hydrogens (tertiary/aromatic N) is 2. The van der Waals surface area contributed by atoms with Crippen LogP contribution < -0.4 is 5.32 Å². The van der Waals surface area contributed by atoms with E-state index in [-0.39, 0.29) is 0 Å². The quantitative estimate of drug-likeness (QED) is 0.754. The summed E-state index contributed by atoms with van der Waals surface area (Å²) in [6.45, 7) is 4.46. The van der Waals surface area contributed by atoms with Crippen molar-refractivity contribution in [2.75, 3.05) is 0 Å². The van der Waals surface area contributed by atoms with Crippen LogP contribution in [-0.4, -0.2) is 27.1 Å². The minimum Gasteiger partial charge on any atom is -0.480 e. The van der Waals surface area contributed by atoms with Gasteiger partial charge >= 0.3 is 5.97 Å². The fraction of sp³-hybridized carbons (Fsp3) is 0.545. The molecule has 0 bridgehead atoms. The van der Waals surface area contributed by atoms with Crippen LogP contribution in [0.15, 0.2) is 18.6 Å². The Bertz CT molecular complexity index is 327. The maximum atomic E-state index is 11.0. The summed E-state index contributed by atoms with van der Waals surface area (Å²) in [5, 5.41) is 12.0. The fourth-order valence-electron chi connectivity index (χ4n) is 1.39. The topological polar surface area (TPSA) is 75.1 Å². The third-order valence-corrected chi connectivity index (χ3v) is 2.18. The fourth-order valence-corrected chi connectivity index (χ4v) is 1.39. The molecule has 16 heavy (non-hydrogen) atoms. The van der Waals surface area contributed by atoms with Gasteiger partial charge in [-0.15, -0.1) is 0 Å². The number of aromatic nitrogens is 2. The van der Waals surface area contributed by atoms with Crippen LogP contribution >= 0.6 is 0 Å². The first-order valence-electron chi connectivity index (χ1n) is 5.30. The molecular weight excluding hydrogens is 206 g/mol. The largest absolute Gasteiger partial charge is 0.480 e. The predicted molar refractivity (Wildman–Crippen MR) is 59.8 cm³/mol. The highest BCUT2D eigenvalue weighted by Gasteiger charge is 2.17. The van der Waals surface area contributed by atoms with Gasteiger partial charge in [-0.3, -0.25) is 10.1 Å². The second-order valence-electron chi connectivity index (χ2n) is 4.10. The van der Waals surface area contributed by atoms with Crippen LogP contribution in [-0.2, 0) is 11.3 Å². The molecule has 0 radical (unpaired) electrons. The van der Waals surface area contributed by atoms with Crippen molar-refractivity contribution in [1.29, 1.82) is 0 Å². The zero-order valence-electron chi connectivity index (χ0n) is 9.55. The zero-order valence-corrected chi connectivity index (χ0v) is 9.55. The van der Waals surface area contributed by atoms with Crippen LogP contribution in [0.2, 0.25) is 0 Å². The summed E-state index contributed by atoms with van der Waals surface area (Å²) in [6.07, 6.45) is 3.71. The van der Waals surface area contributed by atoms with Gasteiger partial charge in [0.25, 0.3) is 0 Å². The molecule has 5 heteroatoms. The monoisotopic (exact) mass is 223 g/mol. The van der Waals surface area contributed by atoms with Crippen molar-refractivity contribution in [3.05, 3.63) is 24.3 Å². The van der Waals surface area contributed by atoms with Crippen LogP contribution in [0.1, 0.15) is 26.0 Å². The minimum atomic E-state index is -0.817. The van der Waals surface area contributed by atoms with E-state index in [4.69, 9.17) is 5.11 Å². The van der Waals surface area contributed by atoms with E-state index in [0.717, 1.165) is 5.69 Å². The Labute approximate surface area is 94.9 Å². The Morgan fingerprint density at radius 3 is 2.81 bits per heavy atom. The highest BCUT2D eigenvalue weighted by Crippen LogP contribution is 2.05. The summed E-state index contributed by atoms with van der Waals surface area (Å²) in [5.41, 5.74) is 0.796. The number of hydrogen-bond acceptors (Lipinski definition) is 4. The van der Waals surface area contributed by atoms with Crippen molar-refractivity contribution in [2.24, 2.45) is 5.92 Å². The molecular formula is C11H17N3O2. The number of carbonyl (C=O) groups is 1. The van der Waals surface area contributed by atoms with E-state index in [1.807, 2.05) is 13.8 Å². The zero-order chi connectivity index (χ0) is 12.0. The lowest BCUT2D eigenvalue weighted by molar-refractivity contribution is -0.140. The van der Waals surface area contributed by atoms with Gasteiger partial charge in [0.2, 0.25) is 0 Å². The Morgan fingerprint density at radius 2 is 2.31 bits per heavy atom. The molecule has 1 atom stereocenters. The Morgan fingerprint density at radius 1 is 1.56 bits per heavy atom. The van der Waals surface area contributed by atoms with Gasteiger partial charge in [0.15, 0.2) is 0 Å². The van der Waals surface area contributed by atoms with Gasteiger partial charge in [-0.1, -0.05) is 13.8 Å². The van der Waals surface area contributed by atoms with E-state index in [1.54, 1.807) is 12.3 Å². The predicted octanol–water partition coefficient (Wildman–Crippen LogP) is 1.07. The van der Waals surface area contributed by atoms with Crippen LogP contribution in [0, 0.1) is 5.92 Å². The molecule has 0 saturated heterocycles. The summed E-state index contributed by atoms with van der Waals surface area (Å²) in [7, 11) is 0. The molecule has 0 aliphatic heterocycles. The van der Waals surface area contributed by atoms with Gasteiger partial charge in [0, 0.05) is 12.7 Å². The molecule has 0 aliphatic rings. The molecule has 1 aromatic heterocycles. The molecule has 1 unspecified atom stereocenters. The molecule has 1 aromatic rings. The van der Waals surface area contributed by atoms with E-state index < -0.39 is 12.0 Å². The third-order valence-electron chi connectivity index (χ3n) is 2.18. The summed E-state index contributed by atoms with van der Waals surface area (Å²) in [6, 6.07) is 1.25. The molecule has 0 spiro atoms. The first kappa shape index (κ1) is 12.6. The van der Waals surface area contributed by atoms with E-state index >= 15 is 0 Å². The lowest BCUT2D eigenvalue weighted by Crippen LogP contribution is -2.37. The number of carboxylic acids is 1. The van der Waals surface area contributed by atoms with Crippen molar-refractivity contribution in [3.63, 3.8) is 0 Å². The molecule has 2 N–H and O–H groups in total. The van der Waals surface area contributed by atoms with Crippen molar-refractivity contribution < 1.29 is 9.90 Å². The van der Waals surface area contributed by atoms with Gasteiger partial charge < -0.3 is 5.11 Å². The summed E-state index contributed by atoms with van der Waals surface area (Å²) in [4.78, 5) is 18.8. The van der Waals surface area contributed by atoms with Gasteiger partial charge in [-0.25, -0.2) is 9.97 Å². The van der Waals surface area contributed by atoms with Crippen molar-refractivity contribution in [3.8, 4) is 0 Å². The Balaban J connectivity index is 2.47. The van der Waals surface area contributed by atoms with Crippen LogP contribution in [0.4, 0.5) is 0 Å². The molecule has 5 nitrogen and oxygen atoms in total. The van der Waals surface area contributed by atoms with E-state index in [0.29, 0.717) is 18.9 Å². The maximum absolute atomic E-state index is 11.0. The lowest BCUT2D eigenvalue weighted by Gasteiger charge is -2.15. The number of nitrogens with one attached hydrogen (secondary N) is 1. The molecule has 0 aliphatic carbocycles. The second-order valence-corrected chi connectivity index (χ2v) is 4.10. The number of carboxylic acid groups (broad SMARTS) is 1. The maximum Gasteiger partial charge on any atom is 0.320 e. The van der Waals surface area contributed by atoms with Gasteiger partial charge in [-0.2, -0.15) is 0 Å². The highest BCUT2D eigenvalue weighted by atomic mass is 16.4. The van der Waals surface area contributed by atoms with Crippen LogP contribution in [0.5, 0.6) is 0 Å². The van der Waals surface area contributed by atoms with Crippen molar-refractivity contribution in [2.45, 2.75) is 32.9 Å². The average Bonchev–Trinajstić information content (AvgIpc) is 2.25. The summed E-state index contributed by atoms with van der Waals surface area (Å²) >= 11 is 0.